The molecule has 3 rings (SSSR count). The largest absolute Gasteiger partial charge is 0.457 e. The predicted octanol–water partition coefficient (Wildman–Crippen LogP) is 0.702. The van der Waals surface area contributed by atoms with Gasteiger partial charge in [0.25, 0.3) is 5.91 Å². The van der Waals surface area contributed by atoms with E-state index in [9.17, 15) is 18.0 Å². The molecule has 136 valence electrons. The lowest BCUT2D eigenvalue weighted by Gasteiger charge is -2.19. The Kier molecular flexibility index (Phi) is 4.87. The summed E-state index contributed by atoms with van der Waals surface area (Å²) in [5.74, 6) is 0.495. The molecule has 1 aromatic carbocycles. The molecule has 3 amide bonds. The Morgan fingerprint density at radius 2 is 1.69 bits per heavy atom. The molecule has 1 fully saturated rings. The maximum absolute atomic E-state index is 12.6. The fourth-order valence-corrected chi connectivity index (χ4v) is 3.53. The van der Waals surface area contributed by atoms with Crippen molar-refractivity contribution in [3.05, 3.63) is 48.8 Å². The van der Waals surface area contributed by atoms with Crippen LogP contribution in [0.3, 0.4) is 0 Å². The number of aromatic nitrogens is 1. The van der Waals surface area contributed by atoms with Crippen LogP contribution < -0.4 is 15.4 Å². The Balaban J connectivity index is 1.70. The molecule has 0 bridgehead atoms. The molecule has 1 atom stereocenters. The average molecular weight is 376 g/mol. The molecule has 1 aromatic heterocycles. The molecule has 26 heavy (non-hydrogen) atoms. The Bertz CT molecular complexity index is 915. The maximum atomic E-state index is 12.6. The van der Waals surface area contributed by atoms with Crippen LogP contribution in [0.2, 0.25) is 0 Å². The third kappa shape index (κ3) is 3.81. The predicted molar refractivity (Wildman–Crippen MR) is 91.0 cm³/mol. The molecule has 1 aliphatic rings. The van der Waals surface area contributed by atoms with Crippen molar-refractivity contribution in [1.82, 2.24) is 19.9 Å². The van der Waals surface area contributed by atoms with E-state index in [0.717, 1.165) is 4.31 Å². The summed E-state index contributed by atoms with van der Waals surface area (Å²) < 4.78 is 31.8. The summed E-state index contributed by atoms with van der Waals surface area (Å²) in [5, 5.41) is 4.43. The number of sulfonamides is 1. The van der Waals surface area contributed by atoms with E-state index in [1.807, 2.05) is 0 Å². The van der Waals surface area contributed by atoms with Gasteiger partial charge in [-0.15, -0.1) is 0 Å². The van der Waals surface area contributed by atoms with Crippen LogP contribution in [0.4, 0.5) is 4.79 Å². The first-order chi connectivity index (χ1) is 12.4. The number of nitrogens with zero attached hydrogens (tertiary/aromatic N) is 2. The van der Waals surface area contributed by atoms with Crippen LogP contribution in [-0.4, -0.2) is 49.3 Å². The highest BCUT2D eigenvalue weighted by molar-refractivity contribution is 7.89. The van der Waals surface area contributed by atoms with Crippen LogP contribution in [0.25, 0.3) is 0 Å². The average Bonchev–Trinajstić information content (AvgIpc) is 2.93. The lowest BCUT2D eigenvalue weighted by Crippen LogP contribution is -2.42. The summed E-state index contributed by atoms with van der Waals surface area (Å²) in [6.07, 6.45) is 3.17. The number of hydrogen-bond acceptors (Lipinski definition) is 6. The summed E-state index contributed by atoms with van der Waals surface area (Å²) in [6, 6.07) is 7.69. The van der Waals surface area contributed by atoms with Crippen molar-refractivity contribution in [2.24, 2.45) is 0 Å². The van der Waals surface area contributed by atoms with Gasteiger partial charge in [-0.05, 0) is 36.4 Å². The number of amides is 3. The smallest absolute Gasteiger partial charge is 0.322 e. The van der Waals surface area contributed by atoms with E-state index in [-0.39, 0.29) is 11.4 Å². The first kappa shape index (κ1) is 17.8. The van der Waals surface area contributed by atoms with Crippen LogP contribution >= 0.6 is 0 Å². The van der Waals surface area contributed by atoms with E-state index in [2.05, 4.69) is 15.6 Å². The molecule has 0 aliphatic carbocycles. The number of rotatable bonds is 6. The summed E-state index contributed by atoms with van der Waals surface area (Å²) in [5.41, 5.74) is 0. The minimum absolute atomic E-state index is 0.0480. The zero-order chi connectivity index (χ0) is 18.7. The molecule has 2 heterocycles. The van der Waals surface area contributed by atoms with Gasteiger partial charge in [0, 0.05) is 26.0 Å². The molecule has 1 saturated heterocycles. The van der Waals surface area contributed by atoms with Crippen LogP contribution in [0, 0.1) is 0 Å². The van der Waals surface area contributed by atoms with E-state index in [1.54, 1.807) is 24.5 Å². The van der Waals surface area contributed by atoms with Crippen LogP contribution in [0.5, 0.6) is 11.5 Å². The van der Waals surface area contributed by atoms with E-state index in [4.69, 9.17) is 4.74 Å². The summed E-state index contributed by atoms with van der Waals surface area (Å²) in [7, 11) is -2.48. The monoisotopic (exact) mass is 376 g/mol. The lowest BCUT2D eigenvalue weighted by molar-refractivity contribution is -0.120. The van der Waals surface area contributed by atoms with E-state index in [0.29, 0.717) is 11.5 Å². The number of benzene rings is 1. The summed E-state index contributed by atoms with van der Waals surface area (Å²) in [4.78, 5) is 26.6. The van der Waals surface area contributed by atoms with Crippen molar-refractivity contribution in [3.63, 3.8) is 0 Å². The van der Waals surface area contributed by atoms with Gasteiger partial charge in [0.15, 0.2) is 0 Å². The van der Waals surface area contributed by atoms with Crippen molar-refractivity contribution in [2.75, 3.05) is 13.6 Å². The number of urea groups is 1. The van der Waals surface area contributed by atoms with Gasteiger partial charge >= 0.3 is 6.03 Å². The summed E-state index contributed by atoms with van der Waals surface area (Å²) >= 11 is 0. The van der Waals surface area contributed by atoms with E-state index < -0.39 is 28.0 Å². The van der Waals surface area contributed by atoms with Crippen molar-refractivity contribution >= 4 is 22.0 Å². The topological polar surface area (TPSA) is 118 Å². The highest BCUT2D eigenvalue weighted by Crippen LogP contribution is 2.23. The first-order valence-corrected chi connectivity index (χ1v) is 9.06. The van der Waals surface area contributed by atoms with Crippen LogP contribution in [-0.2, 0) is 14.8 Å². The molecule has 0 saturated carbocycles. The second kappa shape index (κ2) is 7.10. The number of ether oxygens (including phenoxy) is 1. The van der Waals surface area contributed by atoms with E-state index in [1.165, 1.54) is 31.3 Å². The van der Waals surface area contributed by atoms with Gasteiger partial charge in [-0.25, -0.2) is 13.2 Å². The van der Waals surface area contributed by atoms with Gasteiger partial charge in [-0.1, -0.05) is 0 Å². The second-order valence-corrected chi connectivity index (χ2v) is 7.60. The van der Waals surface area contributed by atoms with Gasteiger partial charge in [-0.3, -0.25) is 15.1 Å². The summed E-state index contributed by atoms with van der Waals surface area (Å²) in [6.45, 7) is -0.171. The fourth-order valence-electron chi connectivity index (χ4n) is 2.34. The molecule has 10 heteroatoms. The van der Waals surface area contributed by atoms with Crippen LogP contribution in [0.1, 0.15) is 0 Å². The van der Waals surface area contributed by atoms with Crippen molar-refractivity contribution in [1.29, 1.82) is 0 Å². The van der Waals surface area contributed by atoms with Crippen molar-refractivity contribution in [2.45, 2.75) is 10.9 Å². The van der Waals surface area contributed by atoms with Gasteiger partial charge in [0.1, 0.15) is 17.5 Å². The molecule has 1 aliphatic heterocycles. The number of nitrogens with one attached hydrogen (secondary N) is 2. The molecular formula is C16H16N4O5S. The van der Waals surface area contributed by atoms with Crippen molar-refractivity contribution in [3.8, 4) is 11.5 Å². The number of carbonyl (C=O) groups is 2. The SMILES string of the molecule is CN(C[C@@H]1NC(=O)NC1=O)S(=O)(=O)c1ccc(Oc2ccncc2)cc1. The Morgan fingerprint density at radius 3 is 2.27 bits per heavy atom. The molecule has 0 unspecified atom stereocenters. The first-order valence-electron chi connectivity index (χ1n) is 7.62. The van der Waals surface area contributed by atoms with Gasteiger partial charge in [-0.2, -0.15) is 4.31 Å². The highest BCUT2D eigenvalue weighted by atomic mass is 32.2. The van der Waals surface area contributed by atoms with E-state index >= 15 is 0 Å². The third-order valence-electron chi connectivity index (χ3n) is 3.72. The Hall–Kier alpha value is -2.98. The minimum Gasteiger partial charge on any atom is -0.457 e. The fraction of sp³-hybridized carbons (Fsp3) is 0.188. The van der Waals surface area contributed by atoms with Gasteiger partial charge in [0.2, 0.25) is 10.0 Å². The zero-order valence-electron chi connectivity index (χ0n) is 13.7. The number of carbonyl (C=O) groups excluding carboxylic acids is 2. The normalized spacial score (nSPS) is 17.1. The van der Waals surface area contributed by atoms with Crippen molar-refractivity contribution < 1.29 is 22.7 Å². The zero-order valence-corrected chi connectivity index (χ0v) is 14.6. The molecular weight excluding hydrogens is 360 g/mol. The molecule has 0 spiro atoms. The Morgan fingerprint density at radius 1 is 1.08 bits per heavy atom. The van der Waals surface area contributed by atoms with Gasteiger partial charge < -0.3 is 10.1 Å². The van der Waals surface area contributed by atoms with Crippen LogP contribution in [0.15, 0.2) is 53.7 Å². The quantitative estimate of drug-likeness (QED) is 0.717. The molecule has 9 nitrogen and oxygen atoms in total. The lowest BCUT2D eigenvalue weighted by atomic mass is 10.3. The number of pyridine rings is 1. The maximum Gasteiger partial charge on any atom is 0.322 e. The standard InChI is InChI=1S/C16H16N4O5S/c1-20(10-14-15(21)19-16(22)18-14)26(23,24)13-4-2-11(3-5-13)25-12-6-8-17-9-7-12/h2-9,14H,10H2,1H3,(H2,18,19,21,22)/t14-/m0/s1. The van der Waals surface area contributed by atoms with Gasteiger partial charge in [0.05, 0.1) is 4.90 Å². The number of imide groups is 1. The molecule has 2 N–H and O–H groups in total. The minimum atomic E-state index is -3.82. The number of hydrogen-bond donors (Lipinski definition) is 2. The third-order valence-corrected chi connectivity index (χ3v) is 5.55. The highest BCUT2D eigenvalue weighted by Gasteiger charge is 2.33. The number of likely N-dealkylation sites (N-methyl/N-ethyl adjacent to an activating group) is 1. The second-order valence-electron chi connectivity index (χ2n) is 5.56. The molecule has 2 aromatic rings. The molecule has 0 radical (unpaired) electrons. The Labute approximate surface area is 150 Å².